The van der Waals surface area contributed by atoms with Gasteiger partial charge in [0.25, 0.3) is 0 Å². The van der Waals surface area contributed by atoms with Crippen molar-refractivity contribution in [3.05, 3.63) is 45.3 Å². The molecule has 0 aliphatic heterocycles. The molecule has 0 saturated heterocycles. The zero-order valence-electron chi connectivity index (χ0n) is 14.1. The van der Waals surface area contributed by atoms with Gasteiger partial charge in [-0.25, -0.2) is 0 Å². The van der Waals surface area contributed by atoms with Crippen LogP contribution < -0.4 is 5.32 Å². The van der Waals surface area contributed by atoms with Gasteiger partial charge >= 0.3 is 0 Å². The minimum Gasteiger partial charge on any atom is -0.361 e. The van der Waals surface area contributed by atoms with E-state index in [9.17, 15) is 9.59 Å². The van der Waals surface area contributed by atoms with Crippen LogP contribution >= 0.6 is 15.9 Å². The summed E-state index contributed by atoms with van der Waals surface area (Å²) in [5, 5.41) is 6.65. The quantitative estimate of drug-likeness (QED) is 0.846. The van der Waals surface area contributed by atoms with E-state index in [1.54, 1.807) is 20.9 Å². The van der Waals surface area contributed by atoms with Crippen LogP contribution in [-0.2, 0) is 16.0 Å². The Labute approximate surface area is 149 Å². The van der Waals surface area contributed by atoms with Crippen molar-refractivity contribution >= 4 is 33.4 Å². The van der Waals surface area contributed by atoms with Gasteiger partial charge in [-0.05, 0) is 44.5 Å². The number of amides is 2. The van der Waals surface area contributed by atoms with Crippen molar-refractivity contribution in [3.8, 4) is 0 Å². The number of halogens is 1. The minimum atomic E-state index is -0.241. The molecule has 2 rings (SSSR count). The van der Waals surface area contributed by atoms with Crippen molar-refractivity contribution in [2.45, 2.75) is 27.2 Å². The fourth-order valence-electron chi connectivity index (χ4n) is 2.30. The Morgan fingerprint density at radius 2 is 2.00 bits per heavy atom. The number of likely N-dealkylation sites (N-methyl/N-ethyl adjacent to an activating group) is 1. The molecule has 0 fully saturated rings. The van der Waals surface area contributed by atoms with Crippen molar-refractivity contribution < 1.29 is 14.1 Å². The van der Waals surface area contributed by atoms with Crippen LogP contribution in [0.25, 0.3) is 0 Å². The van der Waals surface area contributed by atoms with Crippen LogP contribution in [-0.4, -0.2) is 35.5 Å². The number of hydrogen-bond acceptors (Lipinski definition) is 4. The van der Waals surface area contributed by atoms with Gasteiger partial charge in [-0.1, -0.05) is 21.1 Å². The Kier molecular flexibility index (Phi) is 5.77. The molecule has 1 heterocycles. The number of rotatable bonds is 5. The smallest absolute Gasteiger partial charge is 0.243 e. The number of hydrogen-bond donors (Lipinski definition) is 1. The topological polar surface area (TPSA) is 75.4 Å². The fourth-order valence-corrected chi connectivity index (χ4v) is 2.78. The first-order valence-corrected chi connectivity index (χ1v) is 8.29. The lowest BCUT2D eigenvalue weighted by atomic mass is 10.1. The second kappa shape index (κ2) is 7.61. The summed E-state index contributed by atoms with van der Waals surface area (Å²) in [4.78, 5) is 25.8. The first kappa shape index (κ1) is 18.2. The fraction of sp³-hybridized carbons (Fsp3) is 0.353. The van der Waals surface area contributed by atoms with E-state index >= 15 is 0 Å². The highest BCUT2D eigenvalue weighted by atomic mass is 79.9. The van der Waals surface area contributed by atoms with E-state index in [1.807, 2.05) is 25.1 Å². The number of aryl methyl sites for hydroxylation is 3. The van der Waals surface area contributed by atoms with Gasteiger partial charge in [0.2, 0.25) is 11.8 Å². The Balaban J connectivity index is 1.94. The average molecular weight is 394 g/mol. The van der Waals surface area contributed by atoms with Crippen LogP contribution in [0.5, 0.6) is 0 Å². The van der Waals surface area contributed by atoms with Gasteiger partial charge in [0.05, 0.1) is 18.7 Å². The lowest BCUT2D eigenvalue weighted by molar-refractivity contribution is -0.132. The first-order chi connectivity index (χ1) is 11.3. The highest BCUT2D eigenvalue weighted by Gasteiger charge is 2.18. The van der Waals surface area contributed by atoms with E-state index in [4.69, 9.17) is 4.52 Å². The molecule has 0 bridgehead atoms. The van der Waals surface area contributed by atoms with Crippen molar-refractivity contribution in [2.24, 2.45) is 0 Å². The van der Waals surface area contributed by atoms with Gasteiger partial charge in [-0.3, -0.25) is 9.59 Å². The molecular weight excluding hydrogens is 374 g/mol. The van der Waals surface area contributed by atoms with Gasteiger partial charge in [0.15, 0.2) is 0 Å². The first-order valence-electron chi connectivity index (χ1n) is 7.49. The second-order valence-corrected chi connectivity index (χ2v) is 6.65. The molecule has 0 spiro atoms. The van der Waals surface area contributed by atoms with Crippen molar-refractivity contribution in [3.63, 3.8) is 0 Å². The lowest BCUT2D eigenvalue weighted by Gasteiger charge is -2.17. The molecule has 0 atom stereocenters. The highest BCUT2D eigenvalue weighted by Crippen LogP contribution is 2.20. The molecule has 1 aromatic heterocycles. The van der Waals surface area contributed by atoms with E-state index in [-0.39, 0.29) is 24.8 Å². The molecule has 128 valence electrons. The van der Waals surface area contributed by atoms with E-state index in [1.165, 1.54) is 4.90 Å². The molecule has 6 nitrogen and oxygen atoms in total. The molecule has 0 unspecified atom stereocenters. The third-order valence-electron chi connectivity index (χ3n) is 3.78. The summed E-state index contributed by atoms with van der Waals surface area (Å²) in [6.45, 7) is 5.46. The molecular formula is C17H20BrN3O3. The van der Waals surface area contributed by atoms with Crippen LogP contribution in [0.1, 0.15) is 22.6 Å². The van der Waals surface area contributed by atoms with Crippen molar-refractivity contribution in [1.29, 1.82) is 0 Å². The average Bonchev–Trinajstić information content (AvgIpc) is 2.82. The zero-order valence-corrected chi connectivity index (χ0v) is 15.7. The molecule has 1 N–H and O–H groups in total. The van der Waals surface area contributed by atoms with Gasteiger partial charge in [-0.15, -0.1) is 0 Å². The summed E-state index contributed by atoms with van der Waals surface area (Å²) in [5.41, 5.74) is 3.15. The van der Waals surface area contributed by atoms with Crippen molar-refractivity contribution in [1.82, 2.24) is 10.1 Å². The number of anilines is 1. The molecule has 2 amide bonds. The van der Waals surface area contributed by atoms with E-state index in [0.29, 0.717) is 11.5 Å². The third kappa shape index (κ3) is 4.44. The van der Waals surface area contributed by atoms with Crippen LogP contribution in [0, 0.1) is 20.8 Å². The van der Waals surface area contributed by atoms with Crippen LogP contribution in [0.2, 0.25) is 0 Å². The molecule has 1 aromatic carbocycles. The monoisotopic (exact) mass is 393 g/mol. The molecule has 0 aliphatic rings. The highest BCUT2D eigenvalue weighted by molar-refractivity contribution is 9.10. The van der Waals surface area contributed by atoms with E-state index in [0.717, 1.165) is 21.3 Å². The molecule has 2 aromatic rings. The van der Waals surface area contributed by atoms with E-state index in [2.05, 4.69) is 26.4 Å². The molecule has 0 radical (unpaired) electrons. The maximum Gasteiger partial charge on any atom is 0.243 e. The number of carbonyl (C=O) groups excluding carboxylic acids is 2. The normalized spacial score (nSPS) is 10.5. The standard InChI is InChI=1S/C17H20BrN3O3/c1-10-7-13(18)5-6-15(10)19-16(22)9-21(4)17(23)8-14-11(2)20-24-12(14)3/h5-7H,8-9H2,1-4H3,(H,19,22). The predicted molar refractivity (Wildman–Crippen MR) is 94.8 cm³/mol. The van der Waals surface area contributed by atoms with Gasteiger partial charge in [-0.2, -0.15) is 0 Å². The maximum atomic E-state index is 12.3. The number of carbonyl (C=O) groups is 2. The minimum absolute atomic E-state index is 0.0162. The summed E-state index contributed by atoms with van der Waals surface area (Å²) in [7, 11) is 1.61. The number of nitrogens with zero attached hydrogens (tertiary/aromatic N) is 2. The zero-order chi connectivity index (χ0) is 17.9. The lowest BCUT2D eigenvalue weighted by Crippen LogP contribution is -2.36. The summed E-state index contributed by atoms with van der Waals surface area (Å²) in [6, 6.07) is 5.60. The predicted octanol–water partition coefficient (Wildman–Crippen LogP) is 3.00. The number of nitrogens with one attached hydrogen (secondary N) is 1. The molecule has 24 heavy (non-hydrogen) atoms. The van der Waals surface area contributed by atoms with Crippen LogP contribution in [0.4, 0.5) is 5.69 Å². The SMILES string of the molecule is Cc1cc(Br)ccc1NC(=O)CN(C)C(=O)Cc1c(C)noc1C. The third-order valence-corrected chi connectivity index (χ3v) is 4.27. The number of aromatic nitrogens is 1. The number of benzene rings is 1. The Morgan fingerprint density at radius 3 is 2.58 bits per heavy atom. The Morgan fingerprint density at radius 1 is 1.29 bits per heavy atom. The summed E-state index contributed by atoms with van der Waals surface area (Å²) in [6.07, 6.45) is 0.169. The summed E-state index contributed by atoms with van der Waals surface area (Å²) in [5.74, 6) is 0.228. The van der Waals surface area contributed by atoms with Crippen LogP contribution in [0.15, 0.2) is 27.2 Å². The molecule has 0 aliphatic carbocycles. The molecule has 0 saturated carbocycles. The van der Waals surface area contributed by atoms with Crippen molar-refractivity contribution in [2.75, 3.05) is 18.9 Å². The Hall–Kier alpha value is -2.15. The van der Waals surface area contributed by atoms with Gasteiger partial charge in [0, 0.05) is 22.8 Å². The maximum absolute atomic E-state index is 12.3. The van der Waals surface area contributed by atoms with Gasteiger partial charge in [0.1, 0.15) is 5.76 Å². The van der Waals surface area contributed by atoms with Gasteiger partial charge < -0.3 is 14.7 Å². The largest absolute Gasteiger partial charge is 0.361 e. The summed E-state index contributed by atoms with van der Waals surface area (Å²) < 4.78 is 6.00. The van der Waals surface area contributed by atoms with Crippen LogP contribution in [0.3, 0.4) is 0 Å². The Bertz CT molecular complexity index is 751. The molecule has 7 heteroatoms. The second-order valence-electron chi connectivity index (χ2n) is 5.74. The summed E-state index contributed by atoms with van der Waals surface area (Å²) >= 11 is 3.38. The van der Waals surface area contributed by atoms with E-state index < -0.39 is 0 Å².